The van der Waals surface area contributed by atoms with Crippen molar-refractivity contribution in [1.82, 2.24) is 9.78 Å². The van der Waals surface area contributed by atoms with Gasteiger partial charge in [-0.25, -0.2) is 0 Å². The van der Waals surface area contributed by atoms with Crippen molar-refractivity contribution in [2.75, 3.05) is 6.26 Å². The van der Waals surface area contributed by atoms with Crippen LogP contribution in [0.5, 0.6) is 0 Å². The molecule has 0 aliphatic rings. The van der Waals surface area contributed by atoms with Gasteiger partial charge in [0.1, 0.15) is 6.61 Å². The third kappa shape index (κ3) is 2.77. The first-order valence-electron chi connectivity index (χ1n) is 3.02. The van der Waals surface area contributed by atoms with Gasteiger partial charge in [0, 0.05) is 13.2 Å². The van der Waals surface area contributed by atoms with Crippen molar-refractivity contribution >= 4 is 10.1 Å². The van der Waals surface area contributed by atoms with E-state index in [1.54, 1.807) is 10.9 Å². The lowest BCUT2D eigenvalue weighted by Gasteiger charge is -2.10. The first-order valence-corrected chi connectivity index (χ1v) is 4.83. The van der Waals surface area contributed by atoms with Gasteiger partial charge in [-0.05, 0) is 0 Å². The molecular formula is C5H10N2O3S. The number of aromatic nitrogens is 2. The quantitative estimate of drug-likeness (QED) is 0.653. The highest BCUT2D eigenvalue weighted by Crippen LogP contribution is 2.00. The van der Waals surface area contributed by atoms with Crippen LogP contribution < -0.4 is 0 Å². The minimum absolute atomic E-state index is 0.0865. The number of hydrogen-bond acceptors (Lipinski definition) is 3. The summed E-state index contributed by atoms with van der Waals surface area (Å²) in [5, 5.41) is 2.82. The molecular weight excluding hydrogens is 168 g/mol. The number of hydrogen-bond donors (Lipinski definition) is 1. The Labute approximate surface area is 65.1 Å². The van der Waals surface area contributed by atoms with Crippen LogP contribution in [0.15, 0.2) is 6.20 Å². The molecule has 0 aliphatic carbocycles. The molecule has 1 N–H and O–H groups in total. The van der Waals surface area contributed by atoms with Crippen LogP contribution in [-0.2, 0) is 28.0 Å². The van der Waals surface area contributed by atoms with Crippen molar-refractivity contribution in [2.24, 2.45) is 7.05 Å². The summed E-state index contributed by atoms with van der Waals surface area (Å²) in [6.07, 6.45) is 2.78. The number of aryl methyl sites for hydroxylation is 1. The third-order valence-electron chi connectivity index (χ3n) is 1.10. The first kappa shape index (κ1) is 8.35. The Morgan fingerprint density at radius 3 is 2.64 bits per heavy atom. The van der Waals surface area contributed by atoms with E-state index < -0.39 is 10.1 Å². The Kier molecular flexibility index (Phi) is 2.05. The molecule has 6 heteroatoms. The molecule has 0 aromatic carbocycles. The number of aromatic amines is 1. The Morgan fingerprint density at radius 1 is 1.73 bits per heavy atom. The van der Waals surface area contributed by atoms with E-state index in [4.69, 9.17) is 0 Å². The van der Waals surface area contributed by atoms with E-state index in [1.165, 1.54) is 0 Å². The van der Waals surface area contributed by atoms with Gasteiger partial charge in [0.05, 0.1) is 11.9 Å². The largest absolute Gasteiger partial charge is 0.299 e. The van der Waals surface area contributed by atoms with Gasteiger partial charge in [0.15, 0.2) is 0 Å². The van der Waals surface area contributed by atoms with Gasteiger partial charge < -0.3 is 0 Å². The van der Waals surface area contributed by atoms with Crippen molar-refractivity contribution in [1.29, 1.82) is 0 Å². The maximum atomic E-state index is 10.5. The lowest BCUT2D eigenvalue weighted by molar-refractivity contribution is 0.297. The molecule has 0 spiro atoms. The van der Waals surface area contributed by atoms with Crippen molar-refractivity contribution in [3.05, 3.63) is 11.9 Å². The van der Waals surface area contributed by atoms with Crippen molar-refractivity contribution in [2.45, 2.75) is 6.61 Å². The van der Waals surface area contributed by atoms with Gasteiger partial charge in [0.25, 0.3) is 10.1 Å². The standard InChI is InChI=1S/C5H10N2O3S/c1-7-3-5(6-7)4-10-11(2,8)9/h3,6H,4H2,1-2H3. The zero-order valence-electron chi connectivity index (χ0n) is 6.36. The lowest BCUT2D eigenvalue weighted by atomic mass is 10.5. The van der Waals surface area contributed by atoms with Crippen LogP contribution in [0, 0.1) is 0 Å². The van der Waals surface area contributed by atoms with Gasteiger partial charge in [-0.1, -0.05) is 0 Å². The van der Waals surface area contributed by atoms with E-state index >= 15 is 0 Å². The summed E-state index contributed by atoms with van der Waals surface area (Å²) >= 11 is 0. The summed E-state index contributed by atoms with van der Waals surface area (Å²) in [7, 11) is -1.50. The summed E-state index contributed by atoms with van der Waals surface area (Å²) in [5.74, 6) is 0. The van der Waals surface area contributed by atoms with E-state index in [1.807, 2.05) is 7.05 Å². The molecule has 5 nitrogen and oxygen atoms in total. The molecule has 11 heavy (non-hydrogen) atoms. The second-order valence-corrected chi connectivity index (χ2v) is 3.99. The molecule has 0 radical (unpaired) electrons. The molecule has 0 atom stereocenters. The minimum Gasteiger partial charge on any atom is -0.299 e. The van der Waals surface area contributed by atoms with Gasteiger partial charge in [-0.2, -0.15) is 8.42 Å². The Hall–Kier alpha value is -0.750. The Bertz CT molecular complexity index is 309. The average Bonchev–Trinajstić information content (AvgIpc) is 1.75. The molecule has 0 fully saturated rings. The molecule has 0 unspecified atom stereocenters. The SMILES string of the molecule is Cn1cc(COS(C)(=O)=O)[nH]1. The second kappa shape index (κ2) is 2.71. The van der Waals surface area contributed by atoms with E-state index in [2.05, 4.69) is 9.28 Å². The van der Waals surface area contributed by atoms with Gasteiger partial charge in [-0.3, -0.25) is 14.0 Å². The predicted octanol–water partition coefficient (Wildman–Crippen LogP) is -0.171. The molecule has 1 rings (SSSR count). The molecule has 0 aliphatic heterocycles. The molecule has 1 aromatic heterocycles. The Morgan fingerprint density at radius 2 is 2.27 bits per heavy atom. The molecule has 64 valence electrons. The van der Waals surface area contributed by atoms with Crippen LogP contribution in [0.2, 0.25) is 0 Å². The second-order valence-electron chi connectivity index (χ2n) is 2.34. The van der Waals surface area contributed by atoms with Crippen LogP contribution >= 0.6 is 0 Å². The van der Waals surface area contributed by atoms with Crippen LogP contribution in [-0.4, -0.2) is 24.5 Å². The summed E-state index contributed by atoms with van der Waals surface area (Å²) in [6.45, 7) is 0.0865. The summed E-state index contributed by atoms with van der Waals surface area (Å²) in [4.78, 5) is 0. The smallest absolute Gasteiger partial charge is 0.264 e. The Balaban J connectivity index is 2.38. The predicted molar refractivity (Wildman–Crippen MR) is 39.4 cm³/mol. The van der Waals surface area contributed by atoms with Crippen LogP contribution in [0.1, 0.15) is 5.69 Å². The summed E-state index contributed by atoms with van der Waals surface area (Å²) < 4.78 is 27.1. The topological polar surface area (TPSA) is 64.1 Å². The third-order valence-corrected chi connectivity index (χ3v) is 1.64. The van der Waals surface area contributed by atoms with E-state index in [0.29, 0.717) is 0 Å². The van der Waals surface area contributed by atoms with Gasteiger partial charge in [0.2, 0.25) is 0 Å². The lowest BCUT2D eigenvalue weighted by Crippen LogP contribution is -2.12. The molecule has 0 amide bonds. The highest BCUT2D eigenvalue weighted by Gasteiger charge is 2.04. The number of nitrogens with one attached hydrogen (secondary N) is 1. The average molecular weight is 178 g/mol. The minimum atomic E-state index is -3.31. The number of nitrogens with zero attached hydrogens (tertiary/aromatic N) is 1. The zero-order chi connectivity index (χ0) is 8.48. The fraction of sp³-hybridized carbons (Fsp3) is 0.600. The highest BCUT2D eigenvalue weighted by atomic mass is 32.2. The van der Waals surface area contributed by atoms with Crippen molar-refractivity contribution < 1.29 is 12.6 Å². The summed E-state index contributed by atoms with van der Waals surface area (Å²) in [5.41, 5.74) is 0.762. The highest BCUT2D eigenvalue weighted by molar-refractivity contribution is 7.85. The van der Waals surface area contributed by atoms with Gasteiger partial charge >= 0.3 is 0 Å². The fourth-order valence-electron chi connectivity index (χ4n) is 0.695. The normalized spacial score (nSPS) is 12.2. The number of rotatable bonds is 3. The molecule has 0 bridgehead atoms. The monoisotopic (exact) mass is 178 g/mol. The maximum absolute atomic E-state index is 10.5. The molecule has 1 aromatic rings. The number of H-pyrrole nitrogens is 1. The fourth-order valence-corrected chi connectivity index (χ4v) is 1.04. The van der Waals surface area contributed by atoms with Crippen LogP contribution in [0.4, 0.5) is 0 Å². The molecule has 0 saturated carbocycles. The van der Waals surface area contributed by atoms with Gasteiger partial charge in [-0.15, -0.1) is 0 Å². The first-order chi connectivity index (χ1) is 4.97. The van der Waals surface area contributed by atoms with E-state index in [0.717, 1.165) is 11.9 Å². The van der Waals surface area contributed by atoms with E-state index in [-0.39, 0.29) is 6.61 Å². The zero-order valence-corrected chi connectivity index (χ0v) is 7.18. The van der Waals surface area contributed by atoms with Crippen LogP contribution in [0.3, 0.4) is 0 Å². The van der Waals surface area contributed by atoms with Crippen molar-refractivity contribution in [3.63, 3.8) is 0 Å². The summed E-state index contributed by atoms with van der Waals surface area (Å²) in [6, 6.07) is 0. The molecule has 1 heterocycles. The van der Waals surface area contributed by atoms with Crippen molar-refractivity contribution in [3.8, 4) is 0 Å². The van der Waals surface area contributed by atoms with Crippen LogP contribution in [0.25, 0.3) is 0 Å². The maximum Gasteiger partial charge on any atom is 0.264 e. The van der Waals surface area contributed by atoms with E-state index in [9.17, 15) is 8.42 Å². The molecule has 0 saturated heterocycles.